The molecule has 112 valence electrons. The van der Waals surface area contributed by atoms with Gasteiger partial charge in [0.15, 0.2) is 0 Å². The number of amides is 1. The summed E-state index contributed by atoms with van der Waals surface area (Å²) in [5, 5.41) is 0. The van der Waals surface area contributed by atoms with E-state index in [0.29, 0.717) is 11.8 Å². The zero-order valence-corrected chi connectivity index (χ0v) is 13.3. The van der Waals surface area contributed by atoms with Crippen LogP contribution >= 0.6 is 0 Å². The van der Waals surface area contributed by atoms with Gasteiger partial charge < -0.3 is 4.90 Å². The summed E-state index contributed by atoms with van der Waals surface area (Å²) in [7, 11) is 0. The van der Waals surface area contributed by atoms with E-state index in [-0.39, 0.29) is 0 Å². The van der Waals surface area contributed by atoms with Crippen LogP contribution in [0.1, 0.15) is 52.9 Å². The molecule has 0 aliphatic heterocycles. The van der Waals surface area contributed by atoms with Gasteiger partial charge in [0, 0.05) is 19.0 Å². The first-order valence-corrected chi connectivity index (χ1v) is 8.56. The molecule has 4 atom stereocenters. The Balaban J connectivity index is 1.52. The molecule has 0 bridgehead atoms. The van der Waals surface area contributed by atoms with Crippen molar-refractivity contribution in [1.82, 2.24) is 4.90 Å². The molecule has 0 N–H and O–H groups in total. The average molecular weight is 275 g/mol. The van der Waals surface area contributed by atoms with Crippen molar-refractivity contribution in [2.24, 2.45) is 29.6 Å². The van der Waals surface area contributed by atoms with E-state index >= 15 is 0 Å². The van der Waals surface area contributed by atoms with Gasteiger partial charge in [-0.15, -0.1) is 0 Å². The Kier molecular flexibility index (Phi) is 3.92. The van der Waals surface area contributed by atoms with E-state index in [9.17, 15) is 4.79 Å². The van der Waals surface area contributed by atoms with Crippen LogP contribution in [0.15, 0.2) is 11.6 Å². The van der Waals surface area contributed by atoms with Gasteiger partial charge in [-0.05, 0) is 69.6 Å². The van der Waals surface area contributed by atoms with Crippen LogP contribution in [-0.2, 0) is 4.79 Å². The molecule has 0 aromatic heterocycles. The van der Waals surface area contributed by atoms with E-state index in [4.69, 9.17) is 0 Å². The van der Waals surface area contributed by atoms with Gasteiger partial charge in [0.25, 0.3) is 0 Å². The van der Waals surface area contributed by atoms with Crippen LogP contribution in [0.2, 0.25) is 0 Å². The second-order valence-electron chi connectivity index (χ2n) is 7.39. The lowest BCUT2D eigenvalue weighted by molar-refractivity contribution is -0.132. The first kappa shape index (κ1) is 14.2. The fourth-order valence-corrected chi connectivity index (χ4v) is 4.17. The third-order valence-corrected chi connectivity index (χ3v) is 5.70. The van der Waals surface area contributed by atoms with Crippen molar-refractivity contribution >= 4 is 5.91 Å². The van der Waals surface area contributed by atoms with Crippen molar-refractivity contribution < 1.29 is 4.79 Å². The third kappa shape index (κ3) is 2.94. The predicted octanol–water partition coefficient (Wildman–Crippen LogP) is 3.87. The Labute approximate surface area is 123 Å². The van der Waals surface area contributed by atoms with Crippen LogP contribution < -0.4 is 0 Å². The summed E-state index contributed by atoms with van der Waals surface area (Å²) in [6.07, 6.45) is 8.76. The van der Waals surface area contributed by atoms with Crippen LogP contribution in [0.5, 0.6) is 0 Å². The number of hydrogen-bond acceptors (Lipinski definition) is 1. The Hall–Kier alpha value is -0.790. The lowest BCUT2D eigenvalue weighted by atomic mass is 9.78. The Morgan fingerprint density at radius 1 is 1.30 bits per heavy atom. The van der Waals surface area contributed by atoms with E-state index in [1.54, 1.807) is 5.57 Å². The maximum absolute atomic E-state index is 12.2. The van der Waals surface area contributed by atoms with Gasteiger partial charge >= 0.3 is 0 Å². The summed E-state index contributed by atoms with van der Waals surface area (Å²) < 4.78 is 0. The lowest BCUT2D eigenvalue weighted by Crippen LogP contribution is -2.34. The molecule has 3 rings (SSSR count). The summed E-state index contributed by atoms with van der Waals surface area (Å²) in [6.45, 7) is 8.72. The second-order valence-corrected chi connectivity index (χ2v) is 7.39. The fourth-order valence-electron chi connectivity index (χ4n) is 4.17. The molecule has 0 heterocycles. The van der Waals surface area contributed by atoms with Crippen molar-refractivity contribution in [2.75, 3.05) is 13.1 Å². The van der Waals surface area contributed by atoms with Gasteiger partial charge in [-0.25, -0.2) is 0 Å². The van der Waals surface area contributed by atoms with Crippen molar-refractivity contribution in [3.05, 3.63) is 11.6 Å². The van der Waals surface area contributed by atoms with Gasteiger partial charge in [0.05, 0.1) is 0 Å². The Morgan fingerprint density at radius 3 is 2.65 bits per heavy atom. The Morgan fingerprint density at radius 2 is 2.05 bits per heavy atom. The van der Waals surface area contributed by atoms with Gasteiger partial charge in [-0.3, -0.25) is 4.79 Å². The van der Waals surface area contributed by atoms with Gasteiger partial charge in [0.2, 0.25) is 5.91 Å². The van der Waals surface area contributed by atoms with Gasteiger partial charge in [-0.2, -0.15) is 0 Å². The smallest absolute Gasteiger partial charge is 0.225 e. The average Bonchev–Trinajstić information content (AvgIpc) is 3.29. The third-order valence-electron chi connectivity index (χ3n) is 5.70. The van der Waals surface area contributed by atoms with Gasteiger partial charge in [0.1, 0.15) is 0 Å². The molecule has 0 saturated heterocycles. The molecule has 2 fully saturated rings. The van der Waals surface area contributed by atoms with Crippen LogP contribution in [0.3, 0.4) is 0 Å². The highest BCUT2D eigenvalue weighted by Gasteiger charge is 2.46. The maximum Gasteiger partial charge on any atom is 0.225 e. The molecule has 3 aliphatic rings. The van der Waals surface area contributed by atoms with E-state index in [2.05, 4.69) is 31.7 Å². The predicted molar refractivity (Wildman–Crippen MR) is 82.2 cm³/mol. The SMILES string of the molecule is CCN(CC1CC1C1CCC(C)=CC1C)C(=O)C1CC1. The summed E-state index contributed by atoms with van der Waals surface area (Å²) in [4.78, 5) is 14.3. The van der Waals surface area contributed by atoms with Crippen LogP contribution in [0.25, 0.3) is 0 Å². The highest BCUT2D eigenvalue weighted by atomic mass is 16.2. The normalized spacial score (nSPS) is 36.5. The zero-order valence-electron chi connectivity index (χ0n) is 13.3. The van der Waals surface area contributed by atoms with E-state index in [0.717, 1.165) is 49.6 Å². The molecule has 0 aromatic rings. The maximum atomic E-state index is 12.2. The zero-order chi connectivity index (χ0) is 14.3. The highest BCUT2D eigenvalue weighted by molar-refractivity contribution is 5.81. The lowest BCUT2D eigenvalue weighted by Gasteiger charge is -2.28. The van der Waals surface area contributed by atoms with Crippen LogP contribution in [0, 0.1) is 29.6 Å². The monoisotopic (exact) mass is 275 g/mol. The van der Waals surface area contributed by atoms with E-state index in [1.807, 2.05) is 0 Å². The summed E-state index contributed by atoms with van der Waals surface area (Å²) in [6, 6.07) is 0. The van der Waals surface area contributed by atoms with Crippen molar-refractivity contribution in [3.63, 3.8) is 0 Å². The summed E-state index contributed by atoms with van der Waals surface area (Å²) >= 11 is 0. The number of hydrogen-bond donors (Lipinski definition) is 0. The standard InChI is InChI=1S/C18H29NO/c1-4-19(18(20)14-6-7-14)11-15-10-17(15)16-8-5-12(2)9-13(16)3/h9,13-17H,4-8,10-11H2,1-3H3. The van der Waals surface area contributed by atoms with Gasteiger partial charge in [-0.1, -0.05) is 18.6 Å². The fraction of sp³-hybridized carbons (Fsp3) is 0.833. The molecule has 3 aliphatic carbocycles. The first-order chi connectivity index (χ1) is 9.60. The van der Waals surface area contributed by atoms with Crippen molar-refractivity contribution in [1.29, 1.82) is 0 Å². The molecule has 2 saturated carbocycles. The minimum atomic E-state index is 0.381. The van der Waals surface area contributed by atoms with E-state index < -0.39 is 0 Å². The van der Waals surface area contributed by atoms with Crippen LogP contribution in [-0.4, -0.2) is 23.9 Å². The van der Waals surface area contributed by atoms with Crippen molar-refractivity contribution in [3.8, 4) is 0 Å². The molecule has 4 unspecified atom stereocenters. The van der Waals surface area contributed by atoms with E-state index in [1.165, 1.54) is 19.3 Å². The molecule has 2 heteroatoms. The summed E-state index contributed by atoms with van der Waals surface area (Å²) in [5.74, 6) is 4.11. The topological polar surface area (TPSA) is 20.3 Å². The minimum Gasteiger partial charge on any atom is -0.342 e. The molecule has 0 aromatic carbocycles. The number of carbonyl (C=O) groups is 1. The number of carbonyl (C=O) groups excluding carboxylic acids is 1. The quantitative estimate of drug-likeness (QED) is 0.697. The number of rotatable bonds is 5. The first-order valence-electron chi connectivity index (χ1n) is 8.56. The molecule has 2 nitrogen and oxygen atoms in total. The Bertz CT molecular complexity index is 410. The van der Waals surface area contributed by atoms with Crippen molar-refractivity contribution in [2.45, 2.75) is 52.9 Å². The largest absolute Gasteiger partial charge is 0.342 e. The molecule has 20 heavy (non-hydrogen) atoms. The number of allylic oxidation sites excluding steroid dienone is 2. The highest BCUT2D eigenvalue weighted by Crippen LogP contribution is 2.51. The molecular weight excluding hydrogens is 246 g/mol. The van der Waals surface area contributed by atoms with Crippen LogP contribution in [0.4, 0.5) is 0 Å². The number of nitrogens with zero attached hydrogens (tertiary/aromatic N) is 1. The summed E-state index contributed by atoms with van der Waals surface area (Å²) in [5.41, 5.74) is 1.57. The minimum absolute atomic E-state index is 0.381. The molecule has 0 spiro atoms. The molecule has 1 amide bonds. The molecular formula is C18H29NO. The molecule has 0 radical (unpaired) electrons. The second kappa shape index (κ2) is 5.54.